The number of carbonyl (C=O) groups excluding carboxylic acids is 7. The number of aliphatic hydroxyl groups is 18. The van der Waals surface area contributed by atoms with E-state index in [1.54, 1.807) is 34.6 Å². The Kier molecular flexibility index (Phi) is 64.3. The zero-order chi connectivity index (χ0) is 100. The largest absolute Gasteiger partial charge is 0.481 e. The summed E-state index contributed by atoms with van der Waals surface area (Å²) >= 11 is 0. The van der Waals surface area contributed by atoms with Gasteiger partial charge in [0.05, 0.1) is 121 Å². The average molecular weight is 1980 g/mol. The number of carboxylic acid groups (broad SMARTS) is 2. The number of methoxy groups -OCH3 is 5. The molecule has 0 aromatic heterocycles. The quantitative estimate of drug-likeness (QED) is 0.0272. The van der Waals surface area contributed by atoms with E-state index in [2.05, 4.69) is 25.7 Å². The highest BCUT2D eigenvalue weighted by molar-refractivity contribution is 5.87. The Morgan fingerprint density at radius 2 is 0.948 bits per heavy atom. The molecule has 0 aromatic rings. The average Bonchev–Trinajstić information content (AvgIpc) is 1.57. The van der Waals surface area contributed by atoms with Gasteiger partial charge in [0.15, 0.2) is 43.3 Å². The third-order valence-corrected chi connectivity index (χ3v) is 21.6. The molecular weight excluding hydrogens is 1830 g/mol. The summed E-state index contributed by atoms with van der Waals surface area (Å²) in [4.78, 5) is 103. The van der Waals surface area contributed by atoms with Crippen molar-refractivity contribution in [3.8, 4) is 0 Å². The van der Waals surface area contributed by atoms with E-state index >= 15 is 0 Å². The Bertz CT molecular complexity index is 3470. The number of nitrogens with two attached hydrogens (primary N) is 1. The van der Waals surface area contributed by atoms with Gasteiger partial charge in [-0.15, -0.1) is 12.4 Å². The van der Waals surface area contributed by atoms with Gasteiger partial charge in [0, 0.05) is 140 Å². The summed E-state index contributed by atoms with van der Waals surface area (Å²) in [7, 11) is 9.23. The molecule has 0 aliphatic carbocycles. The number of fused-ring (bicyclic) bond motifs is 7. The molecule has 134 heavy (non-hydrogen) atoms. The van der Waals surface area contributed by atoms with Crippen molar-refractivity contribution in [2.24, 2.45) is 40.3 Å². The Balaban J connectivity index is -0.000000729. The molecule has 0 radical (unpaired) electrons. The Morgan fingerprint density at radius 1 is 0.530 bits per heavy atom. The number of halogens is 1. The summed E-state index contributed by atoms with van der Waals surface area (Å²) in [5.74, 6) is -12.1. The summed E-state index contributed by atoms with van der Waals surface area (Å²) in [5.41, 5.74) is 5.42. The molecule has 53 heteroatoms. The number of nitrogens with one attached hydrogen (secondary N) is 3. The third kappa shape index (κ3) is 38.5. The second kappa shape index (κ2) is 64.5. The maximum atomic E-state index is 12.0. The number of hydrogen-bond acceptors (Lipinski definition) is 47. The number of carbonyl (C=O) groups is 9. The van der Waals surface area contributed by atoms with E-state index in [1.807, 2.05) is 6.92 Å². The summed E-state index contributed by atoms with van der Waals surface area (Å²) < 4.78 is 93.8. The van der Waals surface area contributed by atoms with Crippen molar-refractivity contribution in [3.63, 3.8) is 0 Å². The SMILES string of the molecule is C.C.C.CC(=O)N[C@@H]1C(O)O[C@H](CO)[C@@H](C)[C@@H]1O.CC(=O)N[C@@H]1[C@@H]2OC[C@@H](O2)[C@@H](C)[C@@H]1O.CC(=O)N[C@@H]1[C@@H]2OC[C@@H](O2)[C@@H]2O[C@H]12.CC(=O)O.CO.CO.CO.COC(=O)C1(O)C[C@H](O)[C@@H](C)[C@H]([C@H](OC)[C@H](O)CO)O1.COC(=O)C1=C[C@H]2OC(C)=N[C@H]2[C@H]([C@H](OC)[C@@H](COC(C)=O)OC(C)=O)O1.CO[C@@H]([C@@H]1OC(O)(C(=O)O)C[C@H](O)[C@H]1C)[C@H](O)CO.C[C@H]1[C@H](O)[C@H](N)C(O)O[C@@H]1CO.Cl. The van der Waals surface area contributed by atoms with Crippen molar-refractivity contribution >= 4 is 71.8 Å². The van der Waals surface area contributed by atoms with Crippen LogP contribution in [0.4, 0.5) is 0 Å². The van der Waals surface area contributed by atoms with Crippen molar-refractivity contribution in [1.29, 1.82) is 0 Å². The molecule has 3 amide bonds. The first-order chi connectivity index (χ1) is 60.9. The fourth-order valence-electron chi connectivity index (χ4n) is 14.6. The molecule has 11 aliphatic rings. The van der Waals surface area contributed by atoms with E-state index < -0.39 is 226 Å². The lowest BCUT2D eigenvalue weighted by molar-refractivity contribution is -0.305. The predicted octanol–water partition coefficient (Wildman–Crippen LogP) is -8.23. The topological polar surface area (TPSA) is 802 Å². The number of epoxide rings is 1. The van der Waals surface area contributed by atoms with E-state index in [-0.39, 0.29) is 139 Å². The smallest absolute Gasteiger partial charge is 0.373 e. The van der Waals surface area contributed by atoms with E-state index in [9.17, 15) is 89.4 Å². The normalized spacial score (nSPS) is 35.4. The summed E-state index contributed by atoms with van der Waals surface area (Å²) in [6.07, 6.45) is -18.1. The maximum absolute atomic E-state index is 12.0. The molecule has 0 aromatic carbocycles. The van der Waals surface area contributed by atoms with Crippen molar-refractivity contribution in [3.05, 3.63) is 11.8 Å². The van der Waals surface area contributed by atoms with Crippen molar-refractivity contribution in [1.82, 2.24) is 16.0 Å². The number of aliphatic carboxylic acids is 2. The van der Waals surface area contributed by atoms with Gasteiger partial charge in [-0.1, -0.05) is 56.9 Å². The maximum Gasteiger partial charge on any atom is 0.373 e. The molecule has 52 nitrogen and oxygen atoms in total. The minimum Gasteiger partial charge on any atom is -0.481 e. The van der Waals surface area contributed by atoms with Crippen molar-refractivity contribution < 1.29 is 231 Å². The van der Waals surface area contributed by atoms with Gasteiger partial charge in [0.2, 0.25) is 23.5 Å². The summed E-state index contributed by atoms with van der Waals surface area (Å²) in [6.45, 7) is 17.0. The van der Waals surface area contributed by atoms with Crippen LogP contribution in [0.2, 0.25) is 0 Å². The fourth-order valence-corrected chi connectivity index (χ4v) is 14.6. The highest BCUT2D eigenvalue weighted by Gasteiger charge is 2.62. The number of carboxylic acids is 2. The molecule has 37 atom stereocenters. The highest BCUT2D eigenvalue weighted by atomic mass is 35.5. The van der Waals surface area contributed by atoms with Crippen LogP contribution in [0.5, 0.6) is 0 Å². The Hall–Kier alpha value is -6.71. The van der Waals surface area contributed by atoms with Crippen LogP contribution in [0.3, 0.4) is 0 Å². The van der Waals surface area contributed by atoms with E-state index in [4.69, 9.17) is 142 Å². The molecule has 0 saturated carbocycles. The number of rotatable bonds is 22. The first kappa shape index (κ1) is 134. The van der Waals surface area contributed by atoms with Gasteiger partial charge in [-0.2, -0.15) is 0 Å². The van der Waals surface area contributed by atoms with E-state index in [0.717, 1.165) is 35.4 Å². The minimum atomic E-state index is -2.54. The number of aliphatic imine (C=N–C) groups is 1. The lowest BCUT2D eigenvalue weighted by atomic mass is 9.84. The van der Waals surface area contributed by atoms with Crippen LogP contribution in [0.15, 0.2) is 16.8 Å². The lowest BCUT2D eigenvalue weighted by Gasteiger charge is -2.44. The minimum absolute atomic E-state index is 0. The number of ether oxygens (including phenoxy) is 18. The molecule has 790 valence electrons. The predicted molar refractivity (Wildman–Crippen MR) is 462 cm³/mol. The summed E-state index contributed by atoms with van der Waals surface area (Å²) in [6, 6.07) is -2.75. The molecule has 11 rings (SSSR count). The van der Waals surface area contributed by atoms with Crippen LogP contribution in [0.1, 0.15) is 118 Å². The van der Waals surface area contributed by atoms with Gasteiger partial charge >= 0.3 is 29.8 Å². The Morgan fingerprint density at radius 3 is 1.37 bits per heavy atom. The van der Waals surface area contributed by atoms with Crippen LogP contribution in [0, 0.1) is 29.6 Å². The second-order valence-corrected chi connectivity index (χ2v) is 30.8. The van der Waals surface area contributed by atoms with Crippen LogP contribution < -0.4 is 21.7 Å². The number of esters is 4. The first-order valence-electron chi connectivity index (χ1n) is 40.8. The van der Waals surface area contributed by atoms with Crippen LogP contribution in [0.25, 0.3) is 0 Å². The molecule has 4 bridgehead atoms. The molecule has 25 N–H and O–H groups in total. The summed E-state index contributed by atoms with van der Waals surface area (Å²) in [5, 5.41) is 188. The fraction of sp³-hybridized carbons (Fsp3) is 0.852. The first-order valence-corrected chi connectivity index (χ1v) is 40.8. The zero-order valence-corrected chi connectivity index (χ0v) is 77.4. The van der Waals surface area contributed by atoms with Gasteiger partial charge < -0.3 is 209 Å². The number of amides is 3. The van der Waals surface area contributed by atoms with Gasteiger partial charge in [-0.25, -0.2) is 19.4 Å². The van der Waals surface area contributed by atoms with Crippen LogP contribution in [-0.4, -0.2) is 460 Å². The highest BCUT2D eigenvalue weighted by Crippen LogP contribution is 2.43. The molecular formula is C81H152ClN5O47. The molecule has 4 unspecified atom stereocenters. The monoisotopic (exact) mass is 1980 g/mol. The van der Waals surface area contributed by atoms with Gasteiger partial charge in [-0.05, 0) is 0 Å². The molecule has 9 fully saturated rings. The van der Waals surface area contributed by atoms with Crippen molar-refractivity contribution in [2.75, 3.05) is 103 Å². The number of nitrogens with zero attached hydrogens (tertiary/aromatic N) is 1. The lowest BCUT2D eigenvalue weighted by Crippen LogP contribution is -2.60. The standard InChI is InChI=1S/C17H23NO9.C12H22O8.C11H20O8.C9H17NO5.C9H15NO4.C8H11NO4.C7H15NO4.C2H4O2.3CH4O.3CH4.ClH/c1-8-18-14-11(25-8)6-12(17(21)23-5)27-16(14)15(22-4)13(26-10(3)20)7-24-9(2)19;1-6-7(14)4-12(17,11(16)19-3)20-9(6)10(18-2)8(15)5-13;1-5-6(13)3-11(17,10(15)16)19-8(5)9(18-2)7(14)4-12;1-4-6(3-11)15-9(14)7(8(4)13)10-5(2)12;1-4-6-3-13-9(14-6)7(8(4)12)10-5(2)11;1-3(10)9-5-7-6(13-7)4-2-11-8(5)12-4;1-3-4(2-9)12-7(11)5(8)6(3)10;1-2(3)4;3*1-2;;;;/h6,11,13-16H,7H2,1-5H3;6-10,13-15,17H,4-5H2,1-3H3;5-9,12-14,17H,3-4H2,1-2H3,(H,15,16);4,6-9,11,13-14H,3H2,1-2H3,(H,10,12);4,6-9,12H,3H2,1-2H3,(H,10,11);4-8H,2H2,1H3,(H,9,10);3-7,9-11H,2,8H2,1H3;1H3,(H,3,4);3*2H,1H3;3*1H4;1H/t11-,13-,14-,15-,16-;6-,7+,8-,9-,10-,12?;5-,6+,7-,8-,9-,11?;4-,6-,7+,8+,9?;4-,6-,7+,8+,9-;4-,5+,6+,7-,8-;3-,4-,5+,6+,7?;;;;;;;;/m1111111......../s1. The molecule has 11 aliphatic heterocycles. The van der Waals surface area contributed by atoms with E-state index in [1.165, 1.54) is 69.1 Å². The number of hydrogen-bond donors (Lipinski definition) is 24. The zero-order valence-electron chi connectivity index (χ0n) is 76.5. The van der Waals surface area contributed by atoms with Gasteiger partial charge in [0.1, 0.15) is 85.7 Å². The van der Waals surface area contributed by atoms with Gasteiger partial charge in [-0.3, -0.25) is 28.8 Å². The van der Waals surface area contributed by atoms with Crippen molar-refractivity contribution in [2.45, 2.75) is 313 Å². The Labute approximate surface area is 784 Å². The molecule has 11 heterocycles. The molecule has 9 saturated heterocycles. The second-order valence-electron chi connectivity index (χ2n) is 30.8. The van der Waals surface area contributed by atoms with Crippen LogP contribution >= 0.6 is 12.4 Å². The molecule has 0 spiro atoms. The van der Waals surface area contributed by atoms with E-state index in [0.29, 0.717) is 19.1 Å². The van der Waals surface area contributed by atoms with Crippen LogP contribution in [-0.2, 0) is 128 Å². The van der Waals surface area contributed by atoms with Gasteiger partial charge in [0.25, 0.3) is 17.5 Å². The number of aliphatic hydroxyl groups excluding tert-OH is 16. The third-order valence-electron chi connectivity index (χ3n) is 21.6.